The van der Waals surface area contributed by atoms with Crippen LogP contribution >= 0.6 is 0 Å². The molecule has 0 aliphatic rings. The van der Waals surface area contributed by atoms with E-state index in [2.05, 4.69) is 38.2 Å². The summed E-state index contributed by atoms with van der Waals surface area (Å²) in [6, 6.07) is 0.457. The van der Waals surface area contributed by atoms with E-state index < -0.39 is 0 Å². The van der Waals surface area contributed by atoms with E-state index in [1.807, 2.05) is 0 Å². The highest BCUT2D eigenvalue weighted by Gasteiger charge is 2.02. The minimum absolute atomic E-state index is 0.457. The van der Waals surface area contributed by atoms with Crippen molar-refractivity contribution in [2.45, 2.75) is 168 Å². The van der Waals surface area contributed by atoms with Crippen molar-refractivity contribution in [2.75, 3.05) is 0 Å². The minimum atomic E-state index is 0.457. The first-order chi connectivity index (χ1) is 15.3. The summed E-state index contributed by atoms with van der Waals surface area (Å²) in [5.74, 6) is 0. The topological polar surface area (TPSA) is 26.0 Å². The number of rotatable bonds is 25. The first-order valence-electron chi connectivity index (χ1n) is 14.4. The molecule has 0 aromatic carbocycles. The van der Waals surface area contributed by atoms with E-state index in [0.717, 1.165) is 6.42 Å². The van der Waals surface area contributed by atoms with Gasteiger partial charge in [0.1, 0.15) is 0 Å². The molecule has 0 aliphatic heterocycles. The van der Waals surface area contributed by atoms with Gasteiger partial charge in [0.2, 0.25) is 0 Å². The van der Waals surface area contributed by atoms with Crippen LogP contribution in [0.3, 0.4) is 0 Å². The van der Waals surface area contributed by atoms with Crippen LogP contribution in [0, 0.1) is 0 Å². The molecular weight excluding hydrogens is 374 g/mol. The lowest BCUT2D eigenvalue weighted by Gasteiger charge is -2.11. The van der Waals surface area contributed by atoms with Gasteiger partial charge in [-0.3, -0.25) is 0 Å². The summed E-state index contributed by atoms with van der Waals surface area (Å²) in [6.45, 7) is 4.56. The molecule has 1 unspecified atom stereocenters. The molecule has 0 aliphatic carbocycles. The van der Waals surface area contributed by atoms with Gasteiger partial charge in [0.05, 0.1) is 0 Å². The average molecular weight is 434 g/mol. The zero-order valence-corrected chi connectivity index (χ0v) is 21.7. The molecule has 2 N–H and O–H groups in total. The van der Waals surface area contributed by atoms with Gasteiger partial charge in [-0.2, -0.15) is 0 Å². The zero-order chi connectivity index (χ0) is 22.7. The second-order valence-electron chi connectivity index (χ2n) is 9.75. The summed E-state index contributed by atoms with van der Waals surface area (Å²) in [6.07, 6.45) is 40.5. The number of allylic oxidation sites excluding steroid dienone is 4. The summed E-state index contributed by atoms with van der Waals surface area (Å²) < 4.78 is 0. The quantitative estimate of drug-likeness (QED) is 0.112. The van der Waals surface area contributed by atoms with Crippen molar-refractivity contribution in [2.24, 2.45) is 5.73 Å². The Morgan fingerprint density at radius 3 is 1.29 bits per heavy atom. The molecule has 0 saturated heterocycles. The third-order valence-electron chi connectivity index (χ3n) is 6.45. The van der Waals surface area contributed by atoms with E-state index in [9.17, 15) is 0 Å². The number of unbranched alkanes of at least 4 members (excludes halogenated alkanes) is 17. The van der Waals surface area contributed by atoms with Crippen LogP contribution in [0.4, 0.5) is 0 Å². The molecule has 0 radical (unpaired) electrons. The molecule has 0 spiro atoms. The smallest absolute Gasteiger partial charge is 0.00388 e. The minimum Gasteiger partial charge on any atom is -0.328 e. The Kier molecular flexibility index (Phi) is 27.0. The molecule has 0 saturated carbocycles. The summed E-state index contributed by atoms with van der Waals surface area (Å²) in [4.78, 5) is 0. The Labute approximate surface area is 197 Å². The molecular formula is C30H59N. The summed E-state index contributed by atoms with van der Waals surface area (Å²) in [7, 11) is 0. The van der Waals surface area contributed by atoms with E-state index in [1.54, 1.807) is 0 Å². The van der Waals surface area contributed by atoms with Gasteiger partial charge in [-0.05, 0) is 44.9 Å². The fourth-order valence-electron chi connectivity index (χ4n) is 4.26. The Hall–Kier alpha value is -0.560. The number of hydrogen-bond acceptors (Lipinski definition) is 1. The van der Waals surface area contributed by atoms with Crippen LogP contribution in [0.2, 0.25) is 0 Å². The Bertz CT molecular complexity index is 371. The van der Waals surface area contributed by atoms with Crippen molar-refractivity contribution < 1.29 is 0 Å². The molecule has 0 heterocycles. The molecule has 0 aromatic rings. The third-order valence-corrected chi connectivity index (χ3v) is 6.45. The van der Waals surface area contributed by atoms with Crippen LogP contribution in [0.25, 0.3) is 0 Å². The molecule has 0 bridgehead atoms. The van der Waals surface area contributed by atoms with Crippen LogP contribution in [0.15, 0.2) is 24.3 Å². The molecule has 1 nitrogen and oxygen atoms in total. The average Bonchev–Trinajstić information content (AvgIpc) is 2.77. The van der Waals surface area contributed by atoms with Crippen LogP contribution < -0.4 is 5.73 Å². The monoisotopic (exact) mass is 433 g/mol. The zero-order valence-electron chi connectivity index (χ0n) is 21.7. The van der Waals surface area contributed by atoms with Gasteiger partial charge < -0.3 is 5.73 Å². The highest BCUT2D eigenvalue weighted by Crippen LogP contribution is 2.14. The van der Waals surface area contributed by atoms with Crippen molar-refractivity contribution in [3.8, 4) is 0 Å². The lowest BCUT2D eigenvalue weighted by molar-refractivity contribution is 0.480. The maximum Gasteiger partial charge on any atom is 0.00388 e. The van der Waals surface area contributed by atoms with Crippen LogP contribution in [0.5, 0.6) is 0 Å². The fraction of sp³-hybridized carbons (Fsp3) is 0.867. The predicted molar refractivity (Wildman–Crippen MR) is 144 cm³/mol. The van der Waals surface area contributed by atoms with Crippen molar-refractivity contribution in [1.82, 2.24) is 0 Å². The number of hydrogen-bond donors (Lipinski definition) is 1. The van der Waals surface area contributed by atoms with E-state index in [1.165, 1.54) is 141 Å². The molecule has 184 valence electrons. The largest absolute Gasteiger partial charge is 0.328 e. The van der Waals surface area contributed by atoms with Crippen molar-refractivity contribution in [3.63, 3.8) is 0 Å². The molecule has 0 fully saturated rings. The Morgan fingerprint density at radius 2 is 0.806 bits per heavy atom. The van der Waals surface area contributed by atoms with Gasteiger partial charge in [-0.25, -0.2) is 0 Å². The molecule has 0 rings (SSSR count). The molecule has 1 atom stereocenters. The highest BCUT2D eigenvalue weighted by molar-refractivity contribution is 4.92. The van der Waals surface area contributed by atoms with Gasteiger partial charge >= 0.3 is 0 Å². The van der Waals surface area contributed by atoms with Gasteiger partial charge in [-0.1, -0.05) is 141 Å². The Balaban J connectivity index is 3.22. The van der Waals surface area contributed by atoms with Crippen molar-refractivity contribution >= 4 is 0 Å². The van der Waals surface area contributed by atoms with Gasteiger partial charge in [0.25, 0.3) is 0 Å². The highest BCUT2D eigenvalue weighted by atomic mass is 14.6. The SMILES string of the molecule is CCCCC/C=C/C/C=C/CCCCCCCCCC(N)CCCCCCCCCC. The Morgan fingerprint density at radius 1 is 0.452 bits per heavy atom. The van der Waals surface area contributed by atoms with Crippen LogP contribution in [0.1, 0.15) is 162 Å². The second-order valence-corrected chi connectivity index (χ2v) is 9.75. The molecule has 31 heavy (non-hydrogen) atoms. The normalized spacial score (nSPS) is 13.0. The number of nitrogens with two attached hydrogens (primary N) is 1. The van der Waals surface area contributed by atoms with Gasteiger partial charge in [-0.15, -0.1) is 0 Å². The first kappa shape index (κ1) is 30.4. The maximum atomic E-state index is 6.31. The molecule has 1 heteroatoms. The fourth-order valence-corrected chi connectivity index (χ4v) is 4.26. The van der Waals surface area contributed by atoms with Crippen molar-refractivity contribution in [3.05, 3.63) is 24.3 Å². The van der Waals surface area contributed by atoms with E-state index in [-0.39, 0.29) is 0 Å². The maximum absolute atomic E-state index is 6.31. The summed E-state index contributed by atoms with van der Waals surface area (Å²) >= 11 is 0. The lowest BCUT2D eigenvalue weighted by atomic mass is 10.0. The van der Waals surface area contributed by atoms with Gasteiger partial charge in [0.15, 0.2) is 0 Å². The van der Waals surface area contributed by atoms with Crippen molar-refractivity contribution in [1.29, 1.82) is 0 Å². The van der Waals surface area contributed by atoms with Crippen LogP contribution in [-0.4, -0.2) is 6.04 Å². The van der Waals surface area contributed by atoms with Gasteiger partial charge in [0, 0.05) is 6.04 Å². The van der Waals surface area contributed by atoms with E-state index in [4.69, 9.17) is 5.73 Å². The molecule has 0 amide bonds. The lowest BCUT2D eigenvalue weighted by Crippen LogP contribution is -2.19. The summed E-state index contributed by atoms with van der Waals surface area (Å²) in [5, 5.41) is 0. The standard InChI is InChI=1S/C30H59N/c1-3-5-7-9-11-13-14-15-16-17-18-19-20-21-23-25-27-29-30(31)28-26-24-22-12-10-8-6-4-2/h11,13,15-16,30H,3-10,12,14,17-29,31H2,1-2H3/b13-11+,16-15+. The first-order valence-corrected chi connectivity index (χ1v) is 14.4. The molecule has 0 aromatic heterocycles. The van der Waals surface area contributed by atoms with E-state index in [0.29, 0.717) is 6.04 Å². The second kappa shape index (κ2) is 27.5. The predicted octanol–water partition coefficient (Wildman–Crippen LogP) is 10.4. The van der Waals surface area contributed by atoms with Crippen LogP contribution in [-0.2, 0) is 0 Å². The summed E-state index contributed by atoms with van der Waals surface area (Å²) in [5.41, 5.74) is 6.31. The van der Waals surface area contributed by atoms with E-state index >= 15 is 0 Å². The third kappa shape index (κ3) is 27.4.